The van der Waals surface area contributed by atoms with Crippen molar-refractivity contribution in [3.05, 3.63) is 47.3 Å². The zero-order valence-electron chi connectivity index (χ0n) is 8.84. The van der Waals surface area contributed by atoms with Crippen molar-refractivity contribution in [3.63, 3.8) is 0 Å². The van der Waals surface area contributed by atoms with Crippen molar-refractivity contribution in [2.24, 2.45) is 0 Å². The van der Waals surface area contributed by atoms with Crippen LogP contribution < -0.4 is 5.73 Å². The lowest BCUT2D eigenvalue weighted by Crippen LogP contribution is -1.96. The molecule has 0 radical (unpaired) electrons. The van der Waals surface area contributed by atoms with Gasteiger partial charge in [-0.3, -0.25) is 4.98 Å². The maximum atomic E-state index is 5.67. The highest BCUT2D eigenvalue weighted by Gasteiger charge is 2.07. The van der Waals surface area contributed by atoms with E-state index in [1.807, 2.05) is 35.1 Å². The Morgan fingerprint density at radius 1 is 1.06 bits per heavy atom. The molecule has 2 N–H and O–H groups in total. The van der Waals surface area contributed by atoms with Crippen LogP contribution in [0.3, 0.4) is 0 Å². The molecule has 2 heterocycles. The van der Waals surface area contributed by atoms with Gasteiger partial charge in [0.05, 0.1) is 23.6 Å². The van der Waals surface area contributed by atoms with Crippen LogP contribution in [0.1, 0.15) is 0 Å². The van der Waals surface area contributed by atoms with Gasteiger partial charge in [-0.25, -0.2) is 4.68 Å². The quantitative estimate of drug-likeness (QED) is 0.701. The number of hydrogen-bond acceptors (Lipinski definition) is 3. The first-order chi connectivity index (χ1) is 8.25. The van der Waals surface area contributed by atoms with Crippen LogP contribution in [0, 0.1) is 0 Å². The van der Waals surface area contributed by atoms with Crippen LogP contribution in [0.4, 0.5) is 5.69 Å². The Morgan fingerprint density at radius 2 is 1.82 bits per heavy atom. The molecule has 0 atom stereocenters. The summed E-state index contributed by atoms with van der Waals surface area (Å²) < 4.78 is 2.78. The Kier molecular flexibility index (Phi) is 2.33. The molecule has 0 saturated carbocycles. The Hall–Kier alpha value is -1.88. The Labute approximate surface area is 106 Å². The molecule has 0 spiro atoms. The third-order valence-corrected chi connectivity index (χ3v) is 3.22. The number of rotatable bonds is 1. The van der Waals surface area contributed by atoms with Crippen molar-refractivity contribution in [2.45, 2.75) is 0 Å². The second kappa shape index (κ2) is 3.85. The van der Waals surface area contributed by atoms with Crippen LogP contribution in [-0.2, 0) is 0 Å². The average Bonchev–Trinajstić information content (AvgIpc) is 2.75. The third kappa shape index (κ3) is 1.68. The summed E-state index contributed by atoms with van der Waals surface area (Å²) in [6.07, 6.45) is 5.37. The summed E-state index contributed by atoms with van der Waals surface area (Å²) in [7, 11) is 0. The Morgan fingerprint density at radius 3 is 2.59 bits per heavy atom. The minimum absolute atomic E-state index is 0.740. The highest BCUT2D eigenvalue weighted by Crippen LogP contribution is 2.24. The van der Waals surface area contributed by atoms with E-state index in [9.17, 15) is 0 Å². The van der Waals surface area contributed by atoms with Gasteiger partial charge in [-0.05, 0) is 40.2 Å². The lowest BCUT2D eigenvalue weighted by molar-refractivity contribution is 0.909. The van der Waals surface area contributed by atoms with E-state index in [4.69, 9.17) is 5.73 Å². The summed E-state index contributed by atoms with van der Waals surface area (Å²) in [6.45, 7) is 0. The van der Waals surface area contributed by atoms with Gasteiger partial charge in [0.25, 0.3) is 0 Å². The monoisotopic (exact) mass is 288 g/mol. The van der Waals surface area contributed by atoms with Gasteiger partial charge in [-0.1, -0.05) is 0 Å². The second-order valence-electron chi connectivity index (χ2n) is 3.70. The van der Waals surface area contributed by atoms with Gasteiger partial charge in [0, 0.05) is 21.7 Å². The summed E-state index contributed by atoms with van der Waals surface area (Å²) in [4.78, 5) is 4.16. The largest absolute Gasteiger partial charge is 0.399 e. The summed E-state index contributed by atoms with van der Waals surface area (Å²) in [5.74, 6) is 0. The standard InChI is InChI=1S/C12H9BrN4/c13-11-6-15-7-12-10(11)5-16-17(12)9-3-1-8(14)2-4-9/h1-7H,14H2. The lowest BCUT2D eigenvalue weighted by atomic mass is 10.3. The van der Waals surface area contributed by atoms with Crippen LogP contribution in [0.5, 0.6) is 0 Å². The first-order valence-electron chi connectivity index (χ1n) is 5.09. The summed E-state index contributed by atoms with van der Waals surface area (Å²) in [5.41, 5.74) is 8.34. The van der Waals surface area contributed by atoms with Crippen molar-refractivity contribution >= 4 is 32.5 Å². The number of anilines is 1. The van der Waals surface area contributed by atoms with E-state index in [0.29, 0.717) is 0 Å². The number of nitrogen functional groups attached to an aromatic ring is 1. The van der Waals surface area contributed by atoms with E-state index in [0.717, 1.165) is 26.8 Å². The zero-order chi connectivity index (χ0) is 11.8. The topological polar surface area (TPSA) is 56.7 Å². The molecule has 0 aliphatic rings. The normalized spacial score (nSPS) is 10.9. The number of nitrogens with two attached hydrogens (primary N) is 1. The van der Waals surface area contributed by atoms with E-state index >= 15 is 0 Å². The van der Waals surface area contributed by atoms with Crippen molar-refractivity contribution in [3.8, 4) is 5.69 Å². The number of aromatic nitrogens is 3. The molecule has 1 aromatic carbocycles. The summed E-state index contributed by atoms with van der Waals surface area (Å²) in [6, 6.07) is 7.58. The number of fused-ring (bicyclic) bond motifs is 1. The molecule has 0 aliphatic carbocycles. The third-order valence-electron chi connectivity index (χ3n) is 2.59. The molecule has 0 amide bonds. The minimum atomic E-state index is 0.740. The molecule has 0 saturated heterocycles. The number of hydrogen-bond donors (Lipinski definition) is 1. The summed E-state index contributed by atoms with van der Waals surface area (Å²) >= 11 is 3.46. The van der Waals surface area contributed by atoms with Crippen molar-refractivity contribution in [1.29, 1.82) is 0 Å². The van der Waals surface area contributed by atoms with Crippen LogP contribution >= 0.6 is 15.9 Å². The minimum Gasteiger partial charge on any atom is -0.399 e. The molecule has 4 nitrogen and oxygen atoms in total. The van der Waals surface area contributed by atoms with Gasteiger partial charge in [-0.2, -0.15) is 5.10 Å². The van der Waals surface area contributed by atoms with Gasteiger partial charge in [0.1, 0.15) is 0 Å². The first kappa shape index (κ1) is 10.3. The van der Waals surface area contributed by atoms with Gasteiger partial charge in [0.15, 0.2) is 0 Å². The number of pyridine rings is 1. The molecule has 0 fully saturated rings. The molecule has 17 heavy (non-hydrogen) atoms. The predicted molar refractivity (Wildman–Crippen MR) is 71.0 cm³/mol. The smallest absolute Gasteiger partial charge is 0.0935 e. The van der Waals surface area contributed by atoms with Crippen LogP contribution in [0.2, 0.25) is 0 Å². The molecule has 5 heteroatoms. The van der Waals surface area contributed by atoms with Crippen molar-refractivity contribution in [2.75, 3.05) is 5.73 Å². The highest BCUT2D eigenvalue weighted by molar-refractivity contribution is 9.10. The van der Waals surface area contributed by atoms with Gasteiger partial charge < -0.3 is 5.73 Å². The SMILES string of the molecule is Nc1ccc(-n2ncc3c(Br)cncc32)cc1. The predicted octanol–water partition coefficient (Wildman–Crippen LogP) is 2.77. The zero-order valence-corrected chi connectivity index (χ0v) is 10.4. The van der Waals surface area contributed by atoms with E-state index in [-0.39, 0.29) is 0 Å². The molecule has 0 unspecified atom stereocenters. The van der Waals surface area contributed by atoms with Crippen molar-refractivity contribution in [1.82, 2.24) is 14.8 Å². The number of benzene rings is 1. The van der Waals surface area contributed by atoms with Gasteiger partial charge >= 0.3 is 0 Å². The molecule has 3 rings (SSSR count). The van der Waals surface area contributed by atoms with Gasteiger partial charge in [-0.15, -0.1) is 0 Å². The van der Waals surface area contributed by atoms with E-state index < -0.39 is 0 Å². The fourth-order valence-electron chi connectivity index (χ4n) is 1.73. The second-order valence-corrected chi connectivity index (χ2v) is 4.56. The Balaban J connectivity index is 2.24. The Bertz CT molecular complexity index is 673. The van der Waals surface area contributed by atoms with E-state index in [2.05, 4.69) is 26.0 Å². The van der Waals surface area contributed by atoms with E-state index in [1.54, 1.807) is 12.4 Å². The fraction of sp³-hybridized carbons (Fsp3) is 0. The summed E-state index contributed by atoms with van der Waals surface area (Å²) in [5, 5.41) is 5.40. The molecule has 2 aromatic heterocycles. The molecule has 3 aromatic rings. The number of nitrogens with zero attached hydrogens (tertiary/aromatic N) is 3. The number of halogens is 1. The molecule has 0 aliphatic heterocycles. The first-order valence-corrected chi connectivity index (χ1v) is 5.88. The highest BCUT2D eigenvalue weighted by atomic mass is 79.9. The lowest BCUT2D eigenvalue weighted by Gasteiger charge is -2.03. The molecule has 84 valence electrons. The van der Waals surface area contributed by atoms with Crippen molar-refractivity contribution < 1.29 is 0 Å². The molecular weight excluding hydrogens is 280 g/mol. The van der Waals surface area contributed by atoms with E-state index in [1.165, 1.54) is 0 Å². The maximum Gasteiger partial charge on any atom is 0.0935 e. The van der Waals surface area contributed by atoms with Gasteiger partial charge in [0.2, 0.25) is 0 Å². The maximum absolute atomic E-state index is 5.67. The van der Waals surface area contributed by atoms with Crippen LogP contribution in [-0.4, -0.2) is 14.8 Å². The average molecular weight is 289 g/mol. The fourth-order valence-corrected chi connectivity index (χ4v) is 2.15. The van der Waals surface area contributed by atoms with Crippen LogP contribution in [0.15, 0.2) is 47.3 Å². The molecular formula is C12H9BrN4. The van der Waals surface area contributed by atoms with Crippen LogP contribution in [0.25, 0.3) is 16.6 Å². The molecule has 0 bridgehead atoms.